The van der Waals surface area contributed by atoms with E-state index < -0.39 is 0 Å². The highest BCUT2D eigenvalue weighted by atomic mass is 35.5. The molecule has 0 unspecified atom stereocenters. The minimum Gasteiger partial charge on any atom is -0.356 e. The maximum atomic E-state index is 6.11. The summed E-state index contributed by atoms with van der Waals surface area (Å²) in [5, 5.41) is 7.77. The van der Waals surface area contributed by atoms with E-state index in [2.05, 4.69) is 35.4 Å². The van der Waals surface area contributed by atoms with E-state index in [-0.39, 0.29) is 0 Å². The van der Waals surface area contributed by atoms with Gasteiger partial charge in [0, 0.05) is 64.9 Å². The lowest BCUT2D eigenvalue weighted by atomic mass is 10.3. The van der Waals surface area contributed by atoms with Crippen LogP contribution in [-0.2, 0) is 13.6 Å². The summed E-state index contributed by atoms with van der Waals surface area (Å²) in [4.78, 5) is 17.7. The van der Waals surface area contributed by atoms with Gasteiger partial charge in [-0.2, -0.15) is 0 Å². The fourth-order valence-electron chi connectivity index (χ4n) is 3.29. The van der Waals surface area contributed by atoms with E-state index in [1.807, 2.05) is 23.7 Å². The zero-order valence-corrected chi connectivity index (χ0v) is 18.4. The van der Waals surface area contributed by atoms with Gasteiger partial charge in [-0.05, 0) is 25.1 Å². The SMILES string of the molecule is CN=C(NCCCN1CCN(c2ncccn2)CC1)NCc1cc(Cl)c(Cl)n1C. The molecular weight excluding hydrogens is 411 g/mol. The Labute approximate surface area is 181 Å². The number of guanidine groups is 1. The molecule has 1 saturated heterocycles. The molecule has 158 valence electrons. The standard InChI is InChI=1S/C19H28Cl2N8/c1-22-18(26-14-15-13-16(20)17(21)27(15)2)23-7-4-8-28-9-11-29(12-10-28)19-24-5-3-6-25-19/h3,5-6,13H,4,7-12,14H2,1-2H3,(H2,22,23,26). The number of aromatic nitrogens is 3. The first-order chi connectivity index (χ1) is 14.1. The van der Waals surface area contributed by atoms with Gasteiger partial charge in [0.05, 0.1) is 11.6 Å². The van der Waals surface area contributed by atoms with Crippen LogP contribution in [0.25, 0.3) is 0 Å². The normalized spacial score (nSPS) is 15.6. The molecule has 0 aromatic carbocycles. The number of hydrogen-bond donors (Lipinski definition) is 2. The molecule has 2 N–H and O–H groups in total. The number of hydrogen-bond acceptors (Lipinski definition) is 5. The van der Waals surface area contributed by atoms with Crippen molar-refractivity contribution < 1.29 is 0 Å². The Hall–Kier alpha value is -2.03. The molecule has 0 atom stereocenters. The molecule has 1 fully saturated rings. The van der Waals surface area contributed by atoms with Gasteiger partial charge in [0.15, 0.2) is 5.96 Å². The molecular formula is C19H28Cl2N8. The number of halogens is 2. The van der Waals surface area contributed by atoms with E-state index in [4.69, 9.17) is 23.2 Å². The molecule has 0 amide bonds. The van der Waals surface area contributed by atoms with Crippen molar-refractivity contribution in [3.8, 4) is 0 Å². The van der Waals surface area contributed by atoms with E-state index >= 15 is 0 Å². The molecule has 0 aliphatic carbocycles. The van der Waals surface area contributed by atoms with E-state index in [0.29, 0.717) is 16.7 Å². The Morgan fingerprint density at radius 3 is 2.48 bits per heavy atom. The molecule has 3 heterocycles. The van der Waals surface area contributed by atoms with E-state index in [9.17, 15) is 0 Å². The molecule has 0 saturated carbocycles. The number of nitrogens with zero attached hydrogens (tertiary/aromatic N) is 6. The van der Waals surface area contributed by atoms with Crippen molar-refractivity contribution in [2.75, 3.05) is 51.2 Å². The quantitative estimate of drug-likeness (QED) is 0.391. The summed E-state index contributed by atoms with van der Waals surface area (Å²) < 4.78 is 1.87. The molecule has 0 radical (unpaired) electrons. The van der Waals surface area contributed by atoms with Crippen LogP contribution in [0.1, 0.15) is 12.1 Å². The summed E-state index contributed by atoms with van der Waals surface area (Å²) >= 11 is 12.2. The smallest absolute Gasteiger partial charge is 0.225 e. The topological polar surface area (TPSA) is 73.6 Å². The van der Waals surface area contributed by atoms with Gasteiger partial charge in [0.25, 0.3) is 0 Å². The molecule has 29 heavy (non-hydrogen) atoms. The van der Waals surface area contributed by atoms with E-state index in [1.54, 1.807) is 19.4 Å². The van der Waals surface area contributed by atoms with Gasteiger partial charge >= 0.3 is 0 Å². The highest BCUT2D eigenvalue weighted by molar-refractivity contribution is 6.41. The first kappa shape index (κ1) is 21.7. The highest BCUT2D eigenvalue weighted by Gasteiger charge is 2.18. The summed E-state index contributed by atoms with van der Waals surface area (Å²) in [6.45, 7) is 6.49. The zero-order valence-electron chi connectivity index (χ0n) is 16.9. The monoisotopic (exact) mass is 438 g/mol. The summed E-state index contributed by atoms with van der Waals surface area (Å²) in [6, 6.07) is 3.71. The minimum absolute atomic E-state index is 0.547. The van der Waals surface area contributed by atoms with Crippen LogP contribution in [0.3, 0.4) is 0 Å². The predicted octanol–water partition coefficient (Wildman–Crippen LogP) is 2.00. The van der Waals surface area contributed by atoms with Crippen LogP contribution in [0.5, 0.6) is 0 Å². The molecule has 1 aliphatic heterocycles. The van der Waals surface area contributed by atoms with Crippen LogP contribution < -0.4 is 15.5 Å². The molecule has 8 nitrogen and oxygen atoms in total. The Bertz CT molecular complexity index is 800. The van der Waals surface area contributed by atoms with Crippen molar-refractivity contribution >= 4 is 35.1 Å². The Balaban J connectivity index is 1.33. The summed E-state index contributed by atoms with van der Waals surface area (Å²) in [6.07, 6.45) is 4.63. The van der Waals surface area contributed by atoms with Crippen LogP contribution in [0, 0.1) is 0 Å². The summed E-state index contributed by atoms with van der Waals surface area (Å²) in [5.74, 6) is 1.59. The maximum Gasteiger partial charge on any atom is 0.225 e. The average Bonchev–Trinajstić information content (AvgIpc) is 3.01. The van der Waals surface area contributed by atoms with Crippen molar-refractivity contribution in [3.63, 3.8) is 0 Å². The fourth-order valence-corrected chi connectivity index (χ4v) is 3.70. The van der Waals surface area contributed by atoms with Gasteiger partial charge in [-0.25, -0.2) is 9.97 Å². The lowest BCUT2D eigenvalue weighted by molar-refractivity contribution is 0.254. The molecule has 2 aromatic heterocycles. The zero-order chi connectivity index (χ0) is 20.6. The second-order valence-electron chi connectivity index (χ2n) is 6.92. The minimum atomic E-state index is 0.547. The predicted molar refractivity (Wildman–Crippen MR) is 119 cm³/mol. The number of aliphatic imine (C=N–C) groups is 1. The third-order valence-electron chi connectivity index (χ3n) is 5.03. The van der Waals surface area contributed by atoms with Gasteiger partial charge in [-0.15, -0.1) is 0 Å². The van der Waals surface area contributed by atoms with Crippen molar-refractivity contribution in [1.82, 2.24) is 30.1 Å². The van der Waals surface area contributed by atoms with Gasteiger partial charge < -0.3 is 20.1 Å². The molecule has 10 heteroatoms. The van der Waals surface area contributed by atoms with E-state index in [1.165, 1.54) is 0 Å². The molecule has 2 aromatic rings. The average molecular weight is 439 g/mol. The van der Waals surface area contributed by atoms with Crippen LogP contribution in [0.4, 0.5) is 5.95 Å². The third kappa shape index (κ3) is 5.98. The Morgan fingerprint density at radius 2 is 1.86 bits per heavy atom. The molecule has 1 aliphatic rings. The van der Waals surface area contributed by atoms with Gasteiger partial charge in [-0.1, -0.05) is 23.2 Å². The Morgan fingerprint density at radius 1 is 1.14 bits per heavy atom. The van der Waals surface area contributed by atoms with Crippen LogP contribution in [-0.4, -0.2) is 71.7 Å². The summed E-state index contributed by atoms with van der Waals surface area (Å²) in [5.41, 5.74) is 1.00. The number of piperazine rings is 1. The van der Waals surface area contributed by atoms with Gasteiger partial charge in [0.2, 0.25) is 5.95 Å². The number of nitrogens with one attached hydrogen (secondary N) is 2. The maximum absolute atomic E-state index is 6.11. The van der Waals surface area contributed by atoms with Crippen LogP contribution in [0.15, 0.2) is 29.5 Å². The van der Waals surface area contributed by atoms with E-state index in [0.717, 1.165) is 63.3 Å². The van der Waals surface area contributed by atoms with Crippen LogP contribution in [0.2, 0.25) is 10.2 Å². The second kappa shape index (κ2) is 10.7. The second-order valence-corrected chi connectivity index (χ2v) is 7.68. The first-order valence-electron chi connectivity index (χ1n) is 9.77. The lowest BCUT2D eigenvalue weighted by Crippen LogP contribution is -2.47. The lowest BCUT2D eigenvalue weighted by Gasteiger charge is -2.34. The molecule has 3 rings (SSSR count). The molecule has 0 spiro atoms. The van der Waals surface area contributed by atoms with Crippen molar-refractivity contribution in [2.24, 2.45) is 12.0 Å². The molecule has 0 bridgehead atoms. The van der Waals surface area contributed by atoms with Crippen molar-refractivity contribution in [3.05, 3.63) is 40.4 Å². The van der Waals surface area contributed by atoms with Crippen molar-refractivity contribution in [2.45, 2.75) is 13.0 Å². The fraction of sp³-hybridized carbons (Fsp3) is 0.526. The number of rotatable bonds is 7. The van der Waals surface area contributed by atoms with Crippen molar-refractivity contribution in [1.29, 1.82) is 0 Å². The first-order valence-corrected chi connectivity index (χ1v) is 10.5. The van der Waals surface area contributed by atoms with Gasteiger partial charge in [0.1, 0.15) is 5.15 Å². The largest absolute Gasteiger partial charge is 0.356 e. The number of anilines is 1. The highest BCUT2D eigenvalue weighted by Crippen LogP contribution is 2.24. The Kier molecular flexibility index (Phi) is 7.97. The third-order valence-corrected chi connectivity index (χ3v) is 5.87. The summed E-state index contributed by atoms with van der Waals surface area (Å²) in [7, 11) is 3.66. The van der Waals surface area contributed by atoms with Gasteiger partial charge in [-0.3, -0.25) is 9.89 Å². The van der Waals surface area contributed by atoms with Crippen LogP contribution >= 0.6 is 23.2 Å².